The van der Waals surface area contributed by atoms with E-state index in [1.54, 1.807) is 11.3 Å². The van der Waals surface area contributed by atoms with Crippen LogP contribution in [-0.2, 0) is 6.54 Å². The summed E-state index contributed by atoms with van der Waals surface area (Å²) in [5, 5.41) is 2.95. The van der Waals surface area contributed by atoms with Gasteiger partial charge in [0.2, 0.25) is 0 Å². The lowest BCUT2D eigenvalue weighted by atomic mass is 9.80. The SMILES string of the molecule is CC1(C)CN(Cc2sccc2Cl)CCC1N.Cl. The molecule has 17 heavy (non-hydrogen) atoms. The third-order valence-electron chi connectivity index (χ3n) is 3.45. The highest BCUT2D eigenvalue weighted by atomic mass is 35.5. The predicted octanol–water partition coefficient (Wildman–Crippen LogP) is 3.38. The molecule has 1 atom stereocenters. The van der Waals surface area contributed by atoms with E-state index in [-0.39, 0.29) is 17.8 Å². The van der Waals surface area contributed by atoms with E-state index in [1.807, 2.05) is 6.07 Å². The number of thiophene rings is 1. The van der Waals surface area contributed by atoms with Crippen LogP contribution in [-0.4, -0.2) is 24.0 Å². The Balaban J connectivity index is 0.00000144. The van der Waals surface area contributed by atoms with Crippen LogP contribution in [0.3, 0.4) is 0 Å². The third-order valence-corrected chi connectivity index (χ3v) is 4.82. The largest absolute Gasteiger partial charge is 0.327 e. The molecule has 0 bridgehead atoms. The zero-order valence-electron chi connectivity index (χ0n) is 10.3. The quantitative estimate of drug-likeness (QED) is 0.906. The van der Waals surface area contributed by atoms with Crippen molar-refractivity contribution in [2.75, 3.05) is 13.1 Å². The van der Waals surface area contributed by atoms with Crippen LogP contribution >= 0.6 is 35.3 Å². The van der Waals surface area contributed by atoms with Crippen molar-refractivity contribution in [3.8, 4) is 0 Å². The Kier molecular flexibility index (Phi) is 5.29. The molecule has 98 valence electrons. The summed E-state index contributed by atoms with van der Waals surface area (Å²) in [7, 11) is 0. The van der Waals surface area contributed by atoms with Crippen molar-refractivity contribution in [3.05, 3.63) is 21.3 Å². The monoisotopic (exact) mass is 294 g/mol. The van der Waals surface area contributed by atoms with Crippen LogP contribution in [0.25, 0.3) is 0 Å². The van der Waals surface area contributed by atoms with E-state index < -0.39 is 0 Å². The Morgan fingerprint density at radius 2 is 2.29 bits per heavy atom. The lowest BCUT2D eigenvalue weighted by molar-refractivity contribution is 0.0907. The van der Waals surface area contributed by atoms with Gasteiger partial charge in [-0.25, -0.2) is 0 Å². The van der Waals surface area contributed by atoms with Gasteiger partial charge in [0.25, 0.3) is 0 Å². The molecule has 1 fully saturated rings. The molecule has 1 aliphatic rings. The second-order valence-corrected chi connectivity index (χ2v) is 6.69. The van der Waals surface area contributed by atoms with Crippen molar-refractivity contribution in [1.82, 2.24) is 4.90 Å². The first kappa shape index (κ1) is 15.3. The van der Waals surface area contributed by atoms with E-state index in [0.717, 1.165) is 31.1 Å². The van der Waals surface area contributed by atoms with Crippen molar-refractivity contribution < 1.29 is 0 Å². The van der Waals surface area contributed by atoms with Crippen molar-refractivity contribution in [2.45, 2.75) is 32.9 Å². The van der Waals surface area contributed by atoms with Gasteiger partial charge in [0.1, 0.15) is 0 Å². The number of nitrogens with zero attached hydrogens (tertiary/aromatic N) is 1. The Bertz CT molecular complexity index is 365. The number of piperidine rings is 1. The van der Waals surface area contributed by atoms with Crippen LogP contribution in [0.5, 0.6) is 0 Å². The summed E-state index contributed by atoms with van der Waals surface area (Å²) >= 11 is 7.86. The molecule has 1 unspecified atom stereocenters. The molecule has 5 heteroatoms. The fourth-order valence-corrected chi connectivity index (χ4v) is 3.40. The Labute approximate surface area is 119 Å². The van der Waals surface area contributed by atoms with Crippen LogP contribution < -0.4 is 5.73 Å². The third kappa shape index (κ3) is 3.58. The molecule has 2 heterocycles. The molecule has 0 spiro atoms. The van der Waals surface area contributed by atoms with Gasteiger partial charge in [0, 0.05) is 30.6 Å². The van der Waals surface area contributed by atoms with Gasteiger partial charge in [-0.3, -0.25) is 4.90 Å². The Morgan fingerprint density at radius 1 is 1.59 bits per heavy atom. The summed E-state index contributed by atoms with van der Waals surface area (Å²) in [5.41, 5.74) is 6.34. The highest BCUT2D eigenvalue weighted by Gasteiger charge is 2.33. The summed E-state index contributed by atoms with van der Waals surface area (Å²) in [4.78, 5) is 3.73. The summed E-state index contributed by atoms with van der Waals surface area (Å²) in [6.45, 7) is 7.60. The van der Waals surface area contributed by atoms with Gasteiger partial charge >= 0.3 is 0 Å². The summed E-state index contributed by atoms with van der Waals surface area (Å²) in [6.07, 6.45) is 1.08. The minimum atomic E-state index is 0. The molecule has 0 aliphatic carbocycles. The summed E-state index contributed by atoms with van der Waals surface area (Å²) < 4.78 is 0. The molecule has 0 aromatic carbocycles. The minimum Gasteiger partial charge on any atom is -0.327 e. The maximum absolute atomic E-state index is 6.13. The lowest BCUT2D eigenvalue weighted by Gasteiger charge is -2.42. The van der Waals surface area contributed by atoms with Gasteiger partial charge in [-0.2, -0.15) is 0 Å². The van der Waals surface area contributed by atoms with Gasteiger partial charge in [0.15, 0.2) is 0 Å². The first-order chi connectivity index (χ1) is 7.49. The first-order valence-electron chi connectivity index (χ1n) is 5.69. The molecule has 1 saturated heterocycles. The van der Waals surface area contributed by atoms with E-state index in [2.05, 4.69) is 24.1 Å². The van der Waals surface area contributed by atoms with Crippen molar-refractivity contribution >= 4 is 35.3 Å². The second kappa shape index (κ2) is 5.89. The number of halogens is 2. The predicted molar refractivity (Wildman–Crippen MR) is 78.2 cm³/mol. The Hall–Kier alpha value is 0.200. The molecule has 0 amide bonds. The maximum atomic E-state index is 6.13. The molecule has 2 nitrogen and oxygen atoms in total. The molecule has 2 rings (SSSR count). The van der Waals surface area contributed by atoms with Crippen LogP contribution in [0.2, 0.25) is 5.02 Å². The fourth-order valence-electron chi connectivity index (χ4n) is 2.26. The standard InChI is InChI=1S/C12H19ClN2S.ClH/c1-12(2)8-15(5-3-11(12)14)7-10-9(13)4-6-16-10;/h4,6,11H,3,5,7-8,14H2,1-2H3;1H. The van der Waals surface area contributed by atoms with Crippen molar-refractivity contribution in [1.29, 1.82) is 0 Å². The smallest absolute Gasteiger partial charge is 0.0558 e. The minimum absolute atomic E-state index is 0. The molecule has 1 aliphatic heterocycles. The summed E-state index contributed by atoms with van der Waals surface area (Å²) in [6, 6.07) is 2.30. The molecule has 1 aromatic rings. The molecule has 2 N–H and O–H groups in total. The lowest BCUT2D eigenvalue weighted by Crippen LogP contribution is -2.51. The normalized spacial score (nSPS) is 24.4. The highest BCUT2D eigenvalue weighted by molar-refractivity contribution is 7.10. The molecule has 0 radical (unpaired) electrons. The van der Waals surface area contributed by atoms with E-state index in [9.17, 15) is 0 Å². The van der Waals surface area contributed by atoms with Gasteiger partial charge in [-0.1, -0.05) is 25.4 Å². The van der Waals surface area contributed by atoms with Crippen molar-refractivity contribution in [2.24, 2.45) is 11.1 Å². The zero-order chi connectivity index (χ0) is 11.8. The van der Waals surface area contributed by atoms with E-state index in [0.29, 0.717) is 6.04 Å². The first-order valence-corrected chi connectivity index (χ1v) is 6.94. The van der Waals surface area contributed by atoms with Crippen LogP contribution in [0, 0.1) is 5.41 Å². The van der Waals surface area contributed by atoms with Gasteiger partial charge in [-0.05, 0) is 23.3 Å². The van der Waals surface area contributed by atoms with E-state index in [4.69, 9.17) is 17.3 Å². The number of nitrogens with two attached hydrogens (primary N) is 1. The van der Waals surface area contributed by atoms with Crippen molar-refractivity contribution in [3.63, 3.8) is 0 Å². The van der Waals surface area contributed by atoms with Gasteiger partial charge < -0.3 is 5.73 Å². The van der Waals surface area contributed by atoms with Crippen LogP contribution in [0.1, 0.15) is 25.1 Å². The second-order valence-electron chi connectivity index (χ2n) is 5.29. The average Bonchev–Trinajstić information content (AvgIpc) is 2.58. The molecular formula is C12H20Cl2N2S. The van der Waals surface area contributed by atoms with Crippen LogP contribution in [0.4, 0.5) is 0 Å². The highest BCUT2D eigenvalue weighted by Crippen LogP contribution is 2.30. The van der Waals surface area contributed by atoms with Crippen LogP contribution in [0.15, 0.2) is 11.4 Å². The number of hydrogen-bond acceptors (Lipinski definition) is 3. The molecular weight excluding hydrogens is 275 g/mol. The topological polar surface area (TPSA) is 29.3 Å². The molecule has 0 saturated carbocycles. The maximum Gasteiger partial charge on any atom is 0.0558 e. The van der Waals surface area contributed by atoms with Gasteiger partial charge in [-0.15, -0.1) is 23.7 Å². The average molecular weight is 295 g/mol. The number of rotatable bonds is 2. The van der Waals surface area contributed by atoms with E-state index in [1.165, 1.54) is 4.88 Å². The summed E-state index contributed by atoms with van der Waals surface area (Å²) in [5.74, 6) is 0. The van der Waals surface area contributed by atoms with Gasteiger partial charge in [0.05, 0.1) is 5.02 Å². The number of hydrogen-bond donors (Lipinski definition) is 1. The van der Waals surface area contributed by atoms with E-state index >= 15 is 0 Å². The fraction of sp³-hybridized carbons (Fsp3) is 0.667. The number of likely N-dealkylation sites (tertiary alicyclic amines) is 1. The zero-order valence-corrected chi connectivity index (χ0v) is 12.7. The Morgan fingerprint density at radius 3 is 2.82 bits per heavy atom. The molecule has 1 aromatic heterocycles.